The molecule has 0 aliphatic rings. The number of halogens is 1. The van der Waals surface area contributed by atoms with Crippen molar-refractivity contribution in [3.63, 3.8) is 0 Å². The van der Waals surface area contributed by atoms with Crippen molar-refractivity contribution >= 4 is 17.7 Å². The van der Waals surface area contributed by atoms with Gasteiger partial charge in [-0.15, -0.1) is 0 Å². The van der Waals surface area contributed by atoms with Crippen LogP contribution >= 0.6 is 11.6 Å². The number of carbonyl (C=O) groups excluding carboxylic acids is 1. The molecule has 0 atom stereocenters. The van der Waals surface area contributed by atoms with Crippen LogP contribution in [-0.2, 0) is 17.9 Å². The van der Waals surface area contributed by atoms with Gasteiger partial charge in [-0.05, 0) is 19.4 Å². The highest BCUT2D eigenvalue weighted by Crippen LogP contribution is 2.19. The van der Waals surface area contributed by atoms with Gasteiger partial charge in [-0.25, -0.2) is 4.79 Å². The normalized spacial score (nSPS) is 10.6. The molecule has 18 heavy (non-hydrogen) atoms. The Balaban J connectivity index is 2.78. The highest BCUT2D eigenvalue weighted by Gasteiger charge is 2.15. The number of rotatable bonds is 4. The Kier molecular flexibility index (Phi) is 5.37. The molecule has 0 saturated heterocycles. The summed E-state index contributed by atoms with van der Waals surface area (Å²) in [4.78, 5) is 17.0. The number of carbonyl (C=O) groups is 1. The number of aliphatic hydroxyl groups is 1. The molecule has 0 aliphatic heterocycles. The molecule has 0 spiro atoms. The molecule has 1 rings (SSSR count). The standard InChI is InChI=1S/C12H17ClN2O3/c1-8(2)18-12(17)15(3)6-9-4-14-5-11(13)10(9)7-16/h4-5,8,16H,6-7H2,1-3H3. The first-order valence-corrected chi connectivity index (χ1v) is 5.97. The zero-order valence-electron chi connectivity index (χ0n) is 10.7. The van der Waals surface area contributed by atoms with Crippen LogP contribution in [0.5, 0.6) is 0 Å². The molecule has 0 aliphatic carbocycles. The Labute approximate surface area is 111 Å². The lowest BCUT2D eigenvalue weighted by Gasteiger charge is -2.20. The Bertz CT molecular complexity index is 424. The number of ether oxygens (including phenoxy) is 1. The van der Waals surface area contributed by atoms with Gasteiger partial charge >= 0.3 is 6.09 Å². The SMILES string of the molecule is CC(C)OC(=O)N(C)Cc1cncc(Cl)c1CO. The van der Waals surface area contributed by atoms with Gasteiger partial charge in [-0.2, -0.15) is 0 Å². The van der Waals surface area contributed by atoms with Crippen molar-refractivity contribution in [3.05, 3.63) is 28.5 Å². The summed E-state index contributed by atoms with van der Waals surface area (Å²) in [6.07, 6.45) is 2.45. The second-order valence-electron chi connectivity index (χ2n) is 4.21. The van der Waals surface area contributed by atoms with E-state index in [4.69, 9.17) is 16.3 Å². The maximum atomic E-state index is 11.6. The molecular weight excluding hydrogens is 256 g/mol. The zero-order valence-corrected chi connectivity index (χ0v) is 11.4. The molecule has 1 N–H and O–H groups in total. The summed E-state index contributed by atoms with van der Waals surface area (Å²) in [5, 5.41) is 9.64. The van der Waals surface area contributed by atoms with E-state index in [1.807, 2.05) is 0 Å². The van der Waals surface area contributed by atoms with Crippen LogP contribution in [0.4, 0.5) is 4.79 Å². The van der Waals surface area contributed by atoms with Crippen molar-refractivity contribution in [1.29, 1.82) is 0 Å². The lowest BCUT2D eigenvalue weighted by atomic mass is 10.1. The first-order valence-electron chi connectivity index (χ1n) is 5.59. The van der Waals surface area contributed by atoms with Crippen molar-refractivity contribution in [2.24, 2.45) is 0 Å². The van der Waals surface area contributed by atoms with Crippen molar-refractivity contribution in [3.8, 4) is 0 Å². The number of nitrogens with zero attached hydrogens (tertiary/aromatic N) is 2. The molecule has 5 nitrogen and oxygen atoms in total. The quantitative estimate of drug-likeness (QED) is 0.913. The fourth-order valence-electron chi connectivity index (χ4n) is 1.43. The first kappa shape index (κ1) is 14.7. The van der Waals surface area contributed by atoms with Gasteiger partial charge in [0, 0.05) is 25.0 Å². The second-order valence-corrected chi connectivity index (χ2v) is 4.61. The van der Waals surface area contributed by atoms with Gasteiger partial charge in [-0.1, -0.05) is 11.6 Å². The van der Waals surface area contributed by atoms with Gasteiger partial charge < -0.3 is 14.7 Å². The van der Waals surface area contributed by atoms with E-state index in [0.717, 1.165) is 0 Å². The second kappa shape index (κ2) is 6.56. The molecular formula is C12H17ClN2O3. The molecule has 100 valence electrons. The van der Waals surface area contributed by atoms with Gasteiger partial charge in [0.25, 0.3) is 0 Å². The Hall–Kier alpha value is -1.33. The number of pyridine rings is 1. The van der Waals surface area contributed by atoms with E-state index >= 15 is 0 Å². The van der Waals surface area contributed by atoms with Crippen molar-refractivity contribution in [2.75, 3.05) is 7.05 Å². The van der Waals surface area contributed by atoms with E-state index in [9.17, 15) is 9.90 Å². The Morgan fingerprint density at radius 1 is 1.56 bits per heavy atom. The lowest BCUT2D eigenvalue weighted by Crippen LogP contribution is -2.29. The fraction of sp³-hybridized carbons (Fsp3) is 0.500. The van der Waals surface area contributed by atoms with Gasteiger partial charge in [0.1, 0.15) is 0 Å². The summed E-state index contributed by atoms with van der Waals surface area (Å²) in [5.74, 6) is 0. The van der Waals surface area contributed by atoms with E-state index in [-0.39, 0.29) is 19.3 Å². The van der Waals surface area contributed by atoms with Gasteiger partial charge in [0.2, 0.25) is 0 Å². The third kappa shape index (κ3) is 3.85. The third-order valence-corrected chi connectivity index (χ3v) is 2.63. The van der Waals surface area contributed by atoms with Crippen LogP contribution < -0.4 is 0 Å². The molecule has 1 aromatic heterocycles. The molecule has 1 amide bonds. The van der Waals surface area contributed by atoms with Gasteiger partial charge in [0.05, 0.1) is 24.3 Å². The van der Waals surface area contributed by atoms with Crippen LogP contribution in [0.2, 0.25) is 5.02 Å². The van der Waals surface area contributed by atoms with Crippen LogP contribution in [0.1, 0.15) is 25.0 Å². The molecule has 6 heteroatoms. The van der Waals surface area contributed by atoms with Crippen LogP contribution in [0.15, 0.2) is 12.4 Å². The van der Waals surface area contributed by atoms with Gasteiger partial charge in [-0.3, -0.25) is 4.98 Å². The number of aromatic nitrogens is 1. The van der Waals surface area contributed by atoms with E-state index in [0.29, 0.717) is 16.1 Å². The first-order chi connectivity index (χ1) is 8.45. The molecule has 1 heterocycles. The van der Waals surface area contributed by atoms with Crippen molar-refractivity contribution < 1.29 is 14.6 Å². The number of hydrogen-bond acceptors (Lipinski definition) is 4. The summed E-state index contributed by atoms with van der Waals surface area (Å²) in [7, 11) is 1.62. The third-order valence-electron chi connectivity index (χ3n) is 2.31. The molecule has 0 radical (unpaired) electrons. The van der Waals surface area contributed by atoms with Crippen LogP contribution in [0.25, 0.3) is 0 Å². The number of amides is 1. The van der Waals surface area contributed by atoms with Crippen molar-refractivity contribution in [2.45, 2.75) is 33.1 Å². The van der Waals surface area contributed by atoms with E-state index in [1.54, 1.807) is 27.1 Å². The highest BCUT2D eigenvalue weighted by atomic mass is 35.5. The molecule has 0 aromatic carbocycles. The summed E-state index contributed by atoms with van der Waals surface area (Å²) in [6.45, 7) is 3.66. The summed E-state index contributed by atoms with van der Waals surface area (Å²) >= 11 is 5.92. The largest absolute Gasteiger partial charge is 0.447 e. The predicted molar refractivity (Wildman–Crippen MR) is 68.3 cm³/mol. The summed E-state index contributed by atoms with van der Waals surface area (Å²) in [5.41, 5.74) is 1.28. The molecule has 0 unspecified atom stereocenters. The minimum absolute atomic E-state index is 0.172. The Morgan fingerprint density at radius 2 is 2.22 bits per heavy atom. The summed E-state index contributed by atoms with van der Waals surface area (Å²) < 4.78 is 5.06. The molecule has 0 fully saturated rings. The van der Waals surface area contributed by atoms with Crippen LogP contribution in [-0.4, -0.2) is 34.2 Å². The maximum Gasteiger partial charge on any atom is 0.410 e. The average molecular weight is 273 g/mol. The molecule has 0 bridgehead atoms. The highest BCUT2D eigenvalue weighted by molar-refractivity contribution is 6.31. The zero-order chi connectivity index (χ0) is 13.7. The maximum absolute atomic E-state index is 11.6. The predicted octanol–water partition coefficient (Wildman–Crippen LogP) is 2.20. The van der Waals surface area contributed by atoms with E-state index < -0.39 is 6.09 Å². The summed E-state index contributed by atoms with van der Waals surface area (Å²) in [6, 6.07) is 0. The lowest BCUT2D eigenvalue weighted by molar-refractivity contribution is 0.0820. The Morgan fingerprint density at radius 3 is 2.78 bits per heavy atom. The molecule has 1 aromatic rings. The topological polar surface area (TPSA) is 62.7 Å². The van der Waals surface area contributed by atoms with Gasteiger partial charge in [0.15, 0.2) is 0 Å². The van der Waals surface area contributed by atoms with E-state index in [2.05, 4.69) is 4.98 Å². The average Bonchev–Trinajstić information content (AvgIpc) is 2.28. The van der Waals surface area contributed by atoms with Crippen LogP contribution in [0.3, 0.4) is 0 Å². The van der Waals surface area contributed by atoms with Crippen molar-refractivity contribution in [1.82, 2.24) is 9.88 Å². The minimum atomic E-state index is -0.422. The minimum Gasteiger partial charge on any atom is -0.447 e. The smallest absolute Gasteiger partial charge is 0.410 e. The monoisotopic (exact) mass is 272 g/mol. The number of hydrogen-bond donors (Lipinski definition) is 1. The van der Waals surface area contributed by atoms with Crippen LogP contribution in [0, 0.1) is 0 Å². The fourth-order valence-corrected chi connectivity index (χ4v) is 1.66. The van der Waals surface area contributed by atoms with E-state index in [1.165, 1.54) is 11.1 Å². The number of aliphatic hydroxyl groups excluding tert-OH is 1. The molecule has 0 saturated carbocycles.